The molecule has 0 fully saturated rings. The summed E-state index contributed by atoms with van der Waals surface area (Å²) < 4.78 is 23.2. The highest BCUT2D eigenvalue weighted by atomic mass is 19.1. The Morgan fingerprint density at radius 1 is 1.03 bits per heavy atom. The van der Waals surface area contributed by atoms with E-state index in [1.165, 1.54) is 37.4 Å². The lowest BCUT2D eigenvalue weighted by Crippen LogP contribution is -2.18. The van der Waals surface area contributed by atoms with E-state index >= 15 is 0 Å². The van der Waals surface area contributed by atoms with Crippen LogP contribution in [0.2, 0.25) is 0 Å². The Morgan fingerprint density at radius 3 is 2.24 bits per heavy atom. The van der Waals surface area contributed by atoms with E-state index in [9.17, 15) is 14.0 Å². The SMILES string of the molecule is COC(=O)CNc1cc(C(N)=O)nc(-c2ccc(Oc3ccc(F)cc3)cc2)n1. The molecule has 2 aromatic carbocycles. The summed E-state index contributed by atoms with van der Waals surface area (Å²) in [4.78, 5) is 31.3. The summed E-state index contributed by atoms with van der Waals surface area (Å²) in [6, 6.07) is 13.7. The molecule has 0 radical (unpaired) electrons. The van der Waals surface area contributed by atoms with Crippen LogP contribution in [0, 0.1) is 5.82 Å². The van der Waals surface area contributed by atoms with E-state index in [-0.39, 0.29) is 29.7 Å². The van der Waals surface area contributed by atoms with Gasteiger partial charge in [0.05, 0.1) is 7.11 Å². The maximum Gasteiger partial charge on any atom is 0.325 e. The standard InChI is InChI=1S/C20H17FN4O4/c1-28-18(26)11-23-17-10-16(19(22)27)24-20(25-17)12-2-6-14(7-3-12)29-15-8-4-13(21)5-9-15/h2-10H,11H2,1H3,(H2,22,27)(H,23,24,25). The van der Waals surface area contributed by atoms with Crippen molar-refractivity contribution in [2.75, 3.05) is 19.0 Å². The van der Waals surface area contributed by atoms with Crippen molar-refractivity contribution in [2.45, 2.75) is 0 Å². The maximum absolute atomic E-state index is 13.0. The monoisotopic (exact) mass is 396 g/mol. The highest BCUT2D eigenvalue weighted by molar-refractivity contribution is 5.92. The molecule has 0 bridgehead atoms. The number of methoxy groups -OCH3 is 1. The normalized spacial score (nSPS) is 10.3. The summed E-state index contributed by atoms with van der Waals surface area (Å²) in [7, 11) is 1.26. The van der Waals surface area contributed by atoms with Crippen LogP contribution in [0.15, 0.2) is 54.6 Å². The molecule has 8 nitrogen and oxygen atoms in total. The molecule has 0 spiro atoms. The number of hydrogen-bond acceptors (Lipinski definition) is 7. The van der Waals surface area contributed by atoms with Crippen molar-refractivity contribution in [1.29, 1.82) is 0 Å². The molecular formula is C20H17FN4O4. The van der Waals surface area contributed by atoms with Crippen molar-refractivity contribution >= 4 is 17.7 Å². The number of halogens is 1. The fraction of sp³-hybridized carbons (Fsp3) is 0.100. The van der Waals surface area contributed by atoms with E-state index in [1.807, 2.05) is 0 Å². The van der Waals surface area contributed by atoms with Crippen LogP contribution in [-0.2, 0) is 9.53 Å². The Labute approximate surface area is 165 Å². The van der Waals surface area contributed by atoms with Gasteiger partial charge < -0.3 is 20.5 Å². The first-order valence-corrected chi connectivity index (χ1v) is 8.48. The van der Waals surface area contributed by atoms with Crippen molar-refractivity contribution in [2.24, 2.45) is 5.73 Å². The molecule has 0 unspecified atom stereocenters. The van der Waals surface area contributed by atoms with Gasteiger partial charge in [-0.1, -0.05) is 0 Å². The number of primary amides is 1. The molecule has 148 valence electrons. The second-order valence-corrected chi connectivity index (χ2v) is 5.84. The van der Waals surface area contributed by atoms with Crippen LogP contribution in [0.1, 0.15) is 10.5 Å². The summed E-state index contributed by atoms with van der Waals surface area (Å²) in [5, 5.41) is 2.76. The summed E-state index contributed by atoms with van der Waals surface area (Å²) in [6.45, 7) is -0.129. The van der Waals surface area contributed by atoms with Crippen molar-refractivity contribution in [1.82, 2.24) is 9.97 Å². The van der Waals surface area contributed by atoms with Gasteiger partial charge in [0.15, 0.2) is 5.82 Å². The lowest BCUT2D eigenvalue weighted by molar-refractivity contribution is -0.138. The minimum absolute atomic E-state index is 0.00555. The number of esters is 1. The van der Waals surface area contributed by atoms with Crippen LogP contribution >= 0.6 is 0 Å². The topological polar surface area (TPSA) is 116 Å². The van der Waals surface area contributed by atoms with E-state index in [2.05, 4.69) is 20.0 Å². The molecule has 0 aliphatic heterocycles. The Morgan fingerprint density at radius 2 is 1.66 bits per heavy atom. The first kappa shape index (κ1) is 19.7. The van der Waals surface area contributed by atoms with Gasteiger partial charge in [-0.3, -0.25) is 9.59 Å². The van der Waals surface area contributed by atoms with Gasteiger partial charge in [0.25, 0.3) is 5.91 Å². The summed E-state index contributed by atoms with van der Waals surface area (Å²) in [5.74, 6) is -0.0754. The number of hydrogen-bond donors (Lipinski definition) is 2. The van der Waals surface area contributed by atoms with Gasteiger partial charge in [0, 0.05) is 11.6 Å². The number of anilines is 1. The maximum atomic E-state index is 13.0. The highest BCUT2D eigenvalue weighted by Gasteiger charge is 2.12. The van der Waals surface area contributed by atoms with Crippen LogP contribution in [0.25, 0.3) is 11.4 Å². The second kappa shape index (κ2) is 8.79. The van der Waals surface area contributed by atoms with Crippen LogP contribution in [0.3, 0.4) is 0 Å². The Bertz CT molecular complexity index is 1020. The van der Waals surface area contributed by atoms with Gasteiger partial charge in [0.1, 0.15) is 35.4 Å². The zero-order valence-electron chi connectivity index (χ0n) is 15.4. The van der Waals surface area contributed by atoms with Gasteiger partial charge >= 0.3 is 5.97 Å². The minimum atomic E-state index is -0.731. The van der Waals surface area contributed by atoms with Gasteiger partial charge in [-0.05, 0) is 48.5 Å². The lowest BCUT2D eigenvalue weighted by Gasteiger charge is -2.09. The molecule has 3 N–H and O–H groups in total. The predicted octanol–water partition coefficient (Wildman–Crippen LogP) is 2.76. The van der Waals surface area contributed by atoms with Gasteiger partial charge in [-0.2, -0.15) is 0 Å². The van der Waals surface area contributed by atoms with Crippen molar-refractivity contribution in [3.8, 4) is 22.9 Å². The lowest BCUT2D eigenvalue weighted by atomic mass is 10.2. The Balaban J connectivity index is 1.82. The molecule has 0 atom stereocenters. The third-order valence-electron chi connectivity index (χ3n) is 3.78. The van der Waals surface area contributed by atoms with Crippen molar-refractivity contribution in [3.05, 3.63) is 66.1 Å². The van der Waals surface area contributed by atoms with E-state index in [0.717, 1.165) is 0 Å². The van der Waals surface area contributed by atoms with Crippen molar-refractivity contribution in [3.63, 3.8) is 0 Å². The number of nitrogens with two attached hydrogens (primary N) is 1. The smallest absolute Gasteiger partial charge is 0.325 e. The third-order valence-corrected chi connectivity index (χ3v) is 3.78. The predicted molar refractivity (Wildman–Crippen MR) is 103 cm³/mol. The number of rotatable bonds is 7. The molecule has 3 aromatic rings. The zero-order valence-corrected chi connectivity index (χ0v) is 15.4. The minimum Gasteiger partial charge on any atom is -0.468 e. The molecule has 1 amide bonds. The molecule has 29 heavy (non-hydrogen) atoms. The number of carbonyl (C=O) groups is 2. The number of amides is 1. The molecule has 0 aliphatic rings. The summed E-state index contributed by atoms with van der Waals surface area (Å²) in [5.41, 5.74) is 5.93. The molecular weight excluding hydrogens is 379 g/mol. The molecule has 1 heterocycles. The van der Waals surface area contributed by atoms with Gasteiger partial charge in [0.2, 0.25) is 0 Å². The number of aromatic nitrogens is 2. The largest absolute Gasteiger partial charge is 0.468 e. The molecule has 3 rings (SSSR count). The Hall–Kier alpha value is -4.01. The molecule has 0 aliphatic carbocycles. The first-order chi connectivity index (χ1) is 13.9. The molecule has 0 saturated carbocycles. The molecule has 9 heteroatoms. The van der Waals surface area contributed by atoms with Crippen LogP contribution in [0.4, 0.5) is 10.2 Å². The van der Waals surface area contributed by atoms with Crippen LogP contribution in [-0.4, -0.2) is 35.5 Å². The number of ether oxygens (including phenoxy) is 2. The second-order valence-electron chi connectivity index (χ2n) is 5.84. The van der Waals surface area contributed by atoms with Gasteiger partial charge in [-0.15, -0.1) is 0 Å². The van der Waals surface area contributed by atoms with Crippen LogP contribution < -0.4 is 15.8 Å². The highest BCUT2D eigenvalue weighted by Crippen LogP contribution is 2.25. The van der Waals surface area contributed by atoms with E-state index in [0.29, 0.717) is 17.1 Å². The Kier molecular flexibility index (Phi) is 5.98. The fourth-order valence-electron chi connectivity index (χ4n) is 2.34. The number of nitrogens with zero attached hydrogens (tertiary/aromatic N) is 2. The number of nitrogens with one attached hydrogen (secondary N) is 1. The number of benzene rings is 2. The van der Waals surface area contributed by atoms with Crippen LogP contribution in [0.5, 0.6) is 11.5 Å². The fourth-order valence-corrected chi connectivity index (χ4v) is 2.34. The molecule has 1 aromatic heterocycles. The quantitative estimate of drug-likeness (QED) is 0.590. The van der Waals surface area contributed by atoms with Crippen molar-refractivity contribution < 1.29 is 23.5 Å². The van der Waals surface area contributed by atoms with Gasteiger partial charge in [-0.25, -0.2) is 14.4 Å². The average Bonchev–Trinajstić information content (AvgIpc) is 2.74. The summed E-state index contributed by atoms with van der Waals surface area (Å²) >= 11 is 0. The van der Waals surface area contributed by atoms with E-state index < -0.39 is 11.9 Å². The van der Waals surface area contributed by atoms with E-state index in [4.69, 9.17) is 10.5 Å². The van der Waals surface area contributed by atoms with E-state index in [1.54, 1.807) is 24.3 Å². The third kappa shape index (κ3) is 5.25. The zero-order chi connectivity index (χ0) is 20.8. The first-order valence-electron chi connectivity index (χ1n) is 8.48. The molecule has 0 saturated heterocycles. The summed E-state index contributed by atoms with van der Waals surface area (Å²) in [6.07, 6.45) is 0. The average molecular weight is 396 g/mol. The number of carbonyl (C=O) groups excluding carboxylic acids is 2.